The van der Waals surface area contributed by atoms with Gasteiger partial charge in [0.25, 0.3) is 0 Å². The number of nitrogens with zero attached hydrogens (tertiary/aromatic N) is 1. The summed E-state index contributed by atoms with van der Waals surface area (Å²) < 4.78 is 9.92. The molecule has 6 heteroatoms. The first-order chi connectivity index (χ1) is 7.47. The number of nitrogens with one attached hydrogen (secondary N) is 1. The molecule has 0 aromatic carbocycles. The topological polar surface area (TPSA) is 67.9 Å². The number of methoxy groups -OCH3 is 1. The van der Waals surface area contributed by atoms with Crippen LogP contribution in [0.15, 0.2) is 0 Å². The van der Waals surface area contributed by atoms with E-state index >= 15 is 0 Å². The van der Waals surface area contributed by atoms with E-state index < -0.39 is 5.97 Å². The van der Waals surface area contributed by atoms with Gasteiger partial charge in [-0.15, -0.1) is 0 Å². The maximum Gasteiger partial charge on any atom is 0.325 e. The standard InChI is InChI=1S/C10H18N2O4/c1-10(6-11-7-10)16-5-8(13)12(2)4-9(14)15-3/h11H,4-7H2,1-3H3. The van der Waals surface area contributed by atoms with Crippen molar-refractivity contribution in [3.63, 3.8) is 0 Å². The van der Waals surface area contributed by atoms with Gasteiger partial charge in [-0.25, -0.2) is 0 Å². The summed E-state index contributed by atoms with van der Waals surface area (Å²) in [7, 11) is 2.84. The molecule has 1 aliphatic heterocycles. The van der Waals surface area contributed by atoms with Gasteiger partial charge in [0.05, 0.1) is 12.7 Å². The monoisotopic (exact) mass is 230 g/mol. The fourth-order valence-electron chi connectivity index (χ4n) is 1.27. The maximum atomic E-state index is 11.6. The Hall–Kier alpha value is -1.14. The zero-order valence-corrected chi connectivity index (χ0v) is 9.91. The van der Waals surface area contributed by atoms with E-state index in [4.69, 9.17) is 4.74 Å². The van der Waals surface area contributed by atoms with E-state index in [2.05, 4.69) is 10.1 Å². The number of likely N-dealkylation sites (N-methyl/N-ethyl adjacent to an activating group) is 1. The van der Waals surface area contributed by atoms with E-state index in [0.717, 1.165) is 13.1 Å². The summed E-state index contributed by atoms with van der Waals surface area (Å²) >= 11 is 0. The Balaban J connectivity index is 2.26. The summed E-state index contributed by atoms with van der Waals surface area (Å²) in [6, 6.07) is 0. The molecule has 0 atom stereocenters. The second-order valence-electron chi connectivity index (χ2n) is 4.17. The lowest BCUT2D eigenvalue weighted by Crippen LogP contribution is -2.59. The number of hydrogen-bond donors (Lipinski definition) is 1. The average molecular weight is 230 g/mol. The van der Waals surface area contributed by atoms with Crippen molar-refractivity contribution in [2.45, 2.75) is 12.5 Å². The molecule has 0 unspecified atom stereocenters. The van der Waals surface area contributed by atoms with Gasteiger partial charge in [0, 0.05) is 20.1 Å². The lowest BCUT2D eigenvalue weighted by Gasteiger charge is -2.39. The molecule has 1 heterocycles. The number of rotatable bonds is 5. The fraction of sp³-hybridized carbons (Fsp3) is 0.800. The van der Waals surface area contributed by atoms with Gasteiger partial charge in [-0.05, 0) is 6.92 Å². The minimum absolute atomic E-state index is 0.00826. The van der Waals surface area contributed by atoms with Crippen molar-refractivity contribution >= 4 is 11.9 Å². The van der Waals surface area contributed by atoms with E-state index in [1.165, 1.54) is 12.0 Å². The first-order valence-corrected chi connectivity index (χ1v) is 5.12. The van der Waals surface area contributed by atoms with Crippen LogP contribution >= 0.6 is 0 Å². The van der Waals surface area contributed by atoms with Crippen molar-refractivity contribution in [2.24, 2.45) is 0 Å². The number of carbonyl (C=O) groups excluding carboxylic acids is 2. The Bertz CT molecular complexity index is 276. The van der Waals surface area contributed by atoms with Crippen molar-refractivity contribution in [1.29, 1.82) is 0 Å². The van der Waals surface area contributed by atoms with Crippen molar-refractivity contribution in [1.82, 2.24) is 10.2 Å². The number of amides is 1. The number of hydrogen-bond acceptors (Lipinski definition) is 5. The van der Waals surface area contributed by atoms with Gasteiger partial charge in [0.15, 0.2) is 0 Å². The van der Waals surface area contributed by atoms with Crippen LogP contribution < -0.4 is 5.32 Å². The lowest BCUT2D eigenvalue weighted by atomic mass is 10.0. The third kappa shape index (κ3) is 3.46. The molecule has 0 radical (unpaired) electrons. The number of carbonyl (C=O) groups is 2. The molecular formula is C10H18N2O4. The molecule has 1 amide bonds. The molecule has 1 fully saturated rings. The Labute approximate surface area is 94.9 Å². The Morgan fingerprint density at radius 2 is 2.06 bits per heavy atom. The van der Waals surface area contributed by atoms with E-state index in [-0.39, 0.29) is 24.7 Å². The van der Waals surface area contributed by atoms with E-state index in [1.807, 2.05) is 6.92 Å². The first kappa shape index (κ1) is 12.9. The van der Waals surface area contributed by atoms with E-state index in [1.54, 1.807) is 7.05 Å². The summed E-state index contributed by atoms with van der Waals surface area (Å²) in [5.41, 5.74) is -0.248. The number of ether oxygens (including phenoxy) is 2. The van der Waals surface area contributed by atoms with E-state index in [9.17, 15) is 9.59 Å². The van der Waals surface area contributed by atoms with Crippen LogP contribution in [0.5, 0.6) is 0 Å². The molecule has 1 N–H and O–H groups in total. The van der Waals surface area contributed by atoms with E-state index in [0.29, 0.717) is 0 Å². The van der Waals surface area contributed by atoms with Gasteiger partial charge in [-0.3, -0.25) is 9.59 Å². The molecule has 6 nitrogen and oxygen atoms in total. The van der Waals surface area contributed by atoms with Crippen molar-refractivity contribution in [3.05, 3.63) is 0 Å². The highest BCUT2D eigenvalue weighted by Crippen LogP contribution is 2.14. The van der Waals surface area contributed by atoms with Gasteiger partial charge in [-0.2, -0.15) is 0 Å². The molecule has 16 heavy (non-hydrogen) atoms. The summed E-state index contributed by atoms with van der Waals surface area (Å²) in [5.74, 6) is -0.661. The molecule has 0 bridgehead atoms. The van der Waals surface area contributed by atoms with Crippen LogP contribution in [0.4, 0.5) is 0 Å². The van der Waals surface area contributed by atoms with Gasteiger partial charge in [0.2, 0.25) is 5.91 Å². The summed E-state index contributed by atoms with van der Waals surface area (Å²) in [6.07, 6.45) is 0. The largest absolute Gasteiger partial charge is 0.468 e. The Morgan fingerprint density at radius 3 is 2.50 bits per heavy atom. The first-order valence-electron chi connectivity index (χ1n) is 5.12. The summed E-state index contributed by atoms with van der Waals surface area (Å²) in [4.78, 5) is 23.8. The van der Waals surface area contributed by atoms with Crippen LogP contribution in [0.3, 0.4) is 0 Å². The van der Waals surface area contributed by atoms with Crippen LogP contribution in [0.25, 0.3) is 0 Å². The molecule has 0 spiro atoms. The quantitative estimate of drug-likeness (QED) is 0.613. The Morgan fingerprint density at radius 1 is 1.44 bits per heavy atom. The number of esters is 1. The SMILES string of the molecule is COC(=O)CN(C)C(=O)COC1(C)CNC1. The highest BCUT2D eigenvalue weighted by atomic mass is 16.5. The summed E-state index contributed by atoms with van der Waals surface area (Å²) in [5, 5.41) is 3.07. The van der Waals surface area contributed by atoms with Crippen molar-refractivity contribution in [2.75, 3.05) is 40.4 Å². The van der Waals surface area contributed by atoms with Crippen LogP contribution in [-0.4, -0.2) is 62.8 Å². The molecule has 0 aromatic rings. The van der Waals surface area contributed by atoms with Gasteiger partial charge >= 0.3 is 5.97 Å². The second kappa shape index (κ2) is 5.27. The van der Waals surface area contributed by atoms with Crippen molar-refractivity contribution in [3.8, 4) is 0 Å². The summed E-state index contributed by atoms with van der Waals surface area (Å²) in [6.45, 7) is 3.39. The zero-order chi connectivity index (χ0) is 12.2. The van der Waals surface area contributed by atoms with Gasteiger partial charge < -0.3 is 19.7 Å². The second-order valence-corrected chi connectivity index (χ2v) is 4.17. The van der Waals surface area contributed by atoms with Crippen LogP contribution in [0, 0.1) is 0 Å². The molecular weight excluding hydrogens is 212 g/mol. The minimum Gasteiger partial charge on any atom is -0.468 e. The maximum absolute atomic E-state index is 11.6. The smallest absolute Gasteiger partial charge is 0.325 e. The fourth-order valence-corrected chi connectivity index (χ4v) is 1.27. The predicted molar refractivity (Wildman–Crippen MR) is 56.9 cm³/mol. The zero-order valence-electron chi connectivity index (χ0n) is 9.91. The molecule has 1 rings (SSSR count). The normalized spacial score (nSPS) is 17.4. The van der Waals surface area contributed by atoms with Crippen molar-refractivity contribution < 1.29 is 19.1 Å². The predicted octanol–water partition coefficient (Wildman–Crippen LogP) is -1.00. The Kier molecular flexibility index (Phi) is 4.26. The molecule has 0 aromatic heterocycles. The molecule has 92 valence electrons. The lowest BCUT2D eigenvalue weighted by molar-refractivity contribution is -0.151. The highest BCUT2D eigenvalue weighted by molar-refractivity contribution is 5.82. The van der Waals surface area contributed by atoms with Crippen LogP contribution in [0.2, 0.25) is 0 Å². The highest BCUT2D eigenvalue weighted by Gasteiger charge is 2.33. The minimum atomic E-state index is -0.438. The van der Waals surface area contributed by atoms with Crippen LogP contribution in [0.1, 0.15) is 6.92 Å². The third-order valence-corrected chi connectivity index (χ3v) is 2.56. The van der Waals surface area contributed by atoms with Gasteiger partial charge in [0.1, 0.15) is 13.2 Å². The molecule has 1 aliphatic rings. The molecule has 0 saturated carbocycles. The molecule has 0 aliphatic carbocycles. The van der Waals surface area contributed by atoms with Gasteiger partial charge in [-0.1, -0.05) is 0 Å². The third-order valence-electron chi connectivity index (χ3n) is 2.56. The molecule has 1 saturated heterocycles. The van der Waals surface area contributed by atoms with Crippen LogP contribution in [-0.2, 0) is 19.1 Å². The average Bonchev–Trinajstić information content (AvgIpc) is 2.22.